The lowest BCUT2D eigenvalue weighted by Crippen LogP contribution is -2.47. The Hall–Kier alpha value is -2.13. The summed E-state index contributed by atoms with van der Waals surface area (Å²) in [7, 11) is -3.63. The van der Waals surface area contributed by atoms with Gasteiger partial charge in [0.25, 0.3) is 5.91 Å². The Morgan fingerprint density at radius 3 is 2.42 bits per heavy atom. The number of benzene rings is 1. The van der Waals surface area contributed by atoms with E-state index in [0.29, 0.717) is 24.5 Å². The zero-order valence-corrected chi connectivity index (χ0v) is 18.7. The van der Waals surface area contributed by atoms with Gasteiger partial charge in [-0.05, 0) is 43.9 Å². The molecule has 170 valence electrons. The summed E-state index contributed by atoms with van der Waals surface area (Å²) in [5, 5.41) is 3.07. The Kier molecular flexibility index (Phi) is 6.81. The van der Waals surface area contributed by atoms with E-state index in [1.54, 1.807) is 6.07 Å². The molecule has 0 atom stereocenters. The molecule has 2 heterocycles. The summed E-state index contributed by atoms with van der Waals surface area (Å²) in [6.45, 7) is 0.700. The SMILES string of the molecule is O=C(CN1C(=O)COc2ccc(S(=O)(=O)N3CCCC3)cc21)NC1CCCCCCC1. The Bertz CT molecular complexity index is 919. The molecule has 1 aliphatic carbocycles. The van der Waals surface area contributed by atoms with Crippen LogP contribution in [-0.2, 0) is 19.6 Å². The van der Waals surface area contributed by atoms with Crippen molar-refractivity contribution in [2.24, 2.45) is 0 Å². The molecule has 3 aliphatic rings. The van der Waals surface area contributed by atoms with Crippen LogP contribution in [0.2, 0.25) is 0 Å². The number of nitrogens with zero attached hydrogens (tertiary/aromatic N) is 2. The summed E-state index contributed by atoms with van der Waals surface area (Å²) >= 11 is 0. The van der Waals surface area contributed by atoms with E-state index >= 15 is 0 Å². The lowest BCUT2D eigenvalue weighted by Gasteiger charge is -2.30. The third-order valence-electron chi connectivity index (χ3n) is 6.35. The quantitative estimate of drug-likeness (QED) is 0.745. The van der Waals surface area contributed by atoms with Crippen LogP contribution in [0.3, 0.4) is 0 Å². The first-order valence-electron chi connectivity index (χ1n) is 11.3. The molecule has 1 saturated carbocycles. The molecule has 9 heteroatoms. The molecule has 8 nitrogen and oxygen atoms in total. The Balaban J connectivity index is 1.51. The van der Waals surface area contributed by atoms with E-state index in [1.165, 1.54) is 40.6 Å². The van der Waals surface area contributed by atoms with Crippen molar-refractivity contribution in [2.75, 3.05) is 31.1 Å². The van der Waals surface area contributed by atoms with Crippen LogP contribution in [0.4, 0.5) is 5.69 Å². The number of fused-ring (bicyclic) bond motifs is 1. The molecule has 1 N–H and O–H groups in total. The molecule has 1 aromatic rings. The van der Waals surface area contributed by atoms with Crippen LogP contribution in [0.15, 0.2) is 23.1 Å². The highest BCUT2D eigenvalue weighted by atomic mass is 32.2. The zero-order valence-electron chi connectivity index (χ0n) is 17.8. The second-order valence-electron chi connectivity index (χ2n) is 8.62. The topological polar surface area (TPSA) is 96.0 Å². The number of hydrogen-bond acceptors (Lipinski definition) is 5. The van der Waals surface area contributed by atoms with Crippen molar-refractivity contribution in [3.8, 4) is 5.75 Å². The van der Waals surface area contributed by atoms with Gasteiger partial charge in [-0.1, -0.05) is 32.1 Å². The highest BCUT2D eigenvalue weighted by molar-refractivity contribution is 7.89. The third kappa shape index (κ3) is 5.03. The van der Waals surface area contributed by atoms with E-state index in [9.17, 15) is 18.0 Å². The van der Waals surface area contributed by atoms with Crippen molar-refractivity contribution < 1.29 is 22.7 Å². The predicted octanol–water partition coefficient (Wildman–Crippen LogP) is 2.43. The Morgan fingerprint density at radius 2 is 1.71 bits per heavy atom. The van der Waals surface area contributed by atoms with E-state index in [1.807, 2.05) is 0 Å². The summed E-state index contributed by atoms with van der Waals surface area (Å²) in [5.41, 5.74) is 0.337. The molecule has 0 radical (unpaired) electrons. The van der Waals surface area contributed by atoms with Gasteiger partial charge in [-0.15, -0.1) is 0 Å². The largest absolute Gasteiger partial charge is 0.482 e. The molecule has 1 saturated heterocycles. The van der Waals surface area contributed by atoms with Gasteiger partial charge in [0.05, 0.1) is 10.6 Å². The number of ether oxygens (including phenoxy) is 1. The van der Waals surface area contributed by atoms with E-state index in [2.05, 4.69) is 5.32 Å². The van der Waals surface area contributed by atoms with Gasteiger partial charge >= 0.3 is 0 Å². The molecular weight excluding hydrogens is 418 g/mol. The minimum absolute atomic E-state index is 0.122. The molecule has 0 unspecified atom stereocenters. The van der Waals surface area contributed by atoms with Gasteiger partial charge in [0.15, 0.2) is 6.61 Å². The Labute approximate surface area is 184 Å². The second-order valence-corrected chi connectivity index (χ2v) is 10.6. The fourth-order valence-electron chi connectivity index (χ4n) is 4.61. The number of hydrogen-bond donors (Lipinski definition) is 1. The maximum atomic E-state index is 13.0. The molecule has 0 spiro atoms. The minimum Gasteiger partial charge on any atom is -0.482 e. The van der Waals surface area contributed by atoms with Gasteiger partial charge in [0, 0.05) is 19.1 Å². The first-order valence-corrected chi connectivity index (χ1v) is 12.8. The van der Waals surface area contributed by atoms with Gasteiger partial charge in [0.2, 0.25) is 15.9 Å². The van der Waals surface area contributed by atoms with E-state index in [-0.39, 0.29) is 35.9 Å². The van der Waals surface area contributed by atoms with Crippen molar-refractivity contribution in [1.82, 2.24) is 9.62 Å². The summed E-state index contributed by atoms with van der Waals surface area (Å²) in [6, 6.07) is 4.67. The molecule has 2 amide bonds. The van der Waals surface area contributed by atoms with Gasteiger partial charge in [0.1, 0.15) is 12.3 Å². The van der Waals surface area contributed by atoms with E-state index in [0.717, 1.165) is 38.5 Å². The van der Waals surface area contributed by atoms with Gasteiger partial charge in [-0.3, -0.25) is 14.5 Å². The summed E-state index contributed by atoms with van der Waals surface area (Å²) in [4.78, 5) is 26.8. The average molecular weight is 450 g/mol. The normalized spacial score (nSPS) is 21.2. The van der Waals surface area contributed by atoms with Crippen molar-refractivity contribution in [1.29, 1.82) is 0 Å². The number of sulfonamides is 1. The number of amides is 2. The summed E-state index contributed by atoms with van der Waals surface area (Å²) < 4.78 is 32.9. The molecular formula is C22H31N3O5S. The average Bonchev–Trinajstić information content (AvgIpc) is 3.27. The lowest BCUT2D eigenvalue weighted by molar-refractivity contribution is -0.125. The number of carbonyl (C=O) groups is 2. The minimum atomic E-state index is -3.63. The fourth-order valence-corrected chi connectivity index (χ4v) is 6.15. The van der Waals surface area contributed by atoms with Crippen LogP contribution in [0.25, 0.3) is 0 Å². The van der Waals surface area contributed by atoms with Crippen LogP contribution in [0.1, 0.15) is 57.8 Å². The van der Waals surface area contributed by atoms with E-state index < -0.39 is 10.0 Å². The van der Waals surface area contributed by atoms with Crippen molar-refractivity contribution in [3.63, 3.8) is 0 Å². The molecule has 1 aromatic carbocycles. The first kappa shape index (κ1) is 22.1. The molecule has 31 heavy (non-hydrogen) atoms. The molecule has 2 aliphatic heterocycles. The molecule has 4 rings (SSSR count). The number of nitrogens with one attached hydrogen (secondary N) is 1. The van der Waals surface area contributed by atoms with Crippen LogP contribution in [0, 0.1) is 0 Å². The van der Waals surface area contributed by atoms with Crippen molar-refractivity contribution >= 4 is 27.5 Å². The van der Waals surface area contributed by atoms with Crippen LogP contribution in [-0.4, -0.2) is 56.8 Å². The Morgan fingerprint density at radius 1 is 1.03 bits per heavy atom. The predicted molar refractivity (Wildman–Crippen MR) is 117 cm³/mol. The van der Waals surface area contributed by atoms with Gasteiger partial charge < -0.3 is 10.1 Å². The molecule has 0 bridgehead atoms. The highest BCUT2D eigenvalue weighted by Crippen LogP contribution is 2.35. The van der Waals surface area contributed by atoms with E-state index in [4.69, 9.17) is 4.74 Å². The standard InChI is InChI=1S/C22H31N3O5S/c26-21(23-17-8-4-2-1-3-5-9-17)15-25-19-14-18(10-11-20(19)30-16-22(25)27)31(28,29)24-12-6-7-13-24/h10-11,14,17H,1-9,12-13,15-16H2,(H,23,26). The first-order chi connectivity index (χ1) is 14.9. The van der Waals surface area contributed by atoms with Crippen LogP contribution < -0.4 is 15.0 Å². The maximum absolute atomic E-state index is 13.0. The summed E-state index contributed by atoms with van der Waals surface area (Å²) in [5.74, 6) is -0.158. The smallest absolute Gasteiger partial charge is 0.265 e. The highest BCUT2D eigenvalue weighted by Gasteiger charge is 2.32. The van der Waals surface area contributed by atoms with Gasteiger partial charge in [-0.2, -0.15) is 4.31 Å². The van der Waals surface area contributed by atoms with Gasteiger partial charge in [-0.25, -0.2) is 8.42 Å². The lowest BCUT2D eigenvalue weighted by atomic mass is 9.97. The number of anilines is 1. The zero-order chi connectivity index (χ0) is 21.8. The fraction of sp³-hybridized carbons (Fsp3) is 0.636. The van der Waals surface area contributed by atoms with Crippen LogP contribution in [0.5, 0.6) is 5.75 Å². The third-order valence-corrected chi connectivity index (χ3v) is 8.24. The van der Waals surface area contributed by atoms with Crippen molar-refractivity contribution in [2.45, 2.75) is 68.7 Å². The second kappa shape index (κ2) is 9.56. The van der Waals surface area contributed by atoms with Crippen molar-refractivity contribution in [3.05, 3.63) is 18.2 Å². The molecule has 0 aromatic heterocycles. The number of rotatable bonds is 5. The number of carbonyl (C=O) groups excluding carboxylic acids is 2. The maximum Gasteiger partial charge on any atom is 0.265 e. The molecule has 2 fully saturated rings. The van der Waals surface area contributed by atoms with Crippen LogP contribution >= 0.6 is 0 Å². The monoisotopic (exact) mass is 449 g/mol. The summed E-state index contributed by atoms with van der Waals surface area (Å²) in [6.07, 6.45) is 9.44.